The van der Waals surface area contributed by atoms with Crippen LogP contribution >= 0.6 is 12.6 Å². The van der Waals surface area contributed by atoms with Gasteiger partial charge in [0.2, 0.25) is 0 Å². The van der Waals surface area contributed by atoms with E-state index < -0.39 is 18.1 Å². The van der Waals surface area contributed by atoms with Crippen LogP contribution in [0.1, 0.15) is 15.9 Å². The predicted octanol–water partition coefficient (Wildman–Crippen LogP) is 2.53. The van der Waals surface area contributed by atoms with Crippen molar-refractivity contribution in [3.05, 3.63) is 23.3 Å². The molecule has 0 spiro atoms. The minimum absolute atomic E-state index is 0.222. The maximum atomic E-state index is 12.1. The third-order valence-corrected chi connectivity index (χ3v) is 2.30. The number of thiol groups is 1. The van der Waals surface area contributed by atoms with E-state index in [0.717, 1.165) is 19.2 Å². The first-order valence-electron chi connectivity index (χ1n) is 4.39. The van der Waals surface area contributed by atoms with Crippen LogP contribution in [0, 0.1) is 11.3 Å². The fourth-order valence-corrected chi connectivity index (χ4v) is 1.36. The Balaban J connectivity index is 3.33. The Bertz CT molecular complexity index is 522. The van der Waals surface area contributed by atoms with E-state index in [2.05, 4.69) is 22.1 Å². The number of methoxy groups -OCH3 is 1. The minimum Gasteiger partial charge on any atom is -0.465 e. The van der Waals surface area contributed by atoms with E-state index in [1.807, 2.05) is 0 Å². The molecule has 1 rings (SSSR count). The summed E-state index contributed by atoms with van der Waals surface area (Å²) in [5.41, 5.74) is -0.452. The van der Waals surface area contributed by atoms with Crippen molar-refractivity contribution in [2.45, 2.75) is 11.3 Å². The zero-order valence-corrected chi connectivity index (χ0v) is 9.80. The van der Waals surface area contributed by atoms with Crippen LogP contribution in [0.3, 0.4) is 0 Å². The first-order chi connectivity index (χ1) is 8.28. The van der Waals surface area contributed by atoms with E-state index in [9.17, 15) is 18.0 Å². The molecule has 0 atom stereocenters. The molecule has 8 heteroatoms. The maximum absolute atomic E-state index is 12.1. The molecule has 1 aromatic rings. The van der Waals surface area contributed by atoms with Gasteiger partial charge in [-0.25, -0.2) is 4.79 Å². The summed E-state index contributed by atoms with van der Waals surface area (Å²) in [5.74, 6) is -1.61. The molecule has 0 amide bonds. The Labute approximate surface area is 105 Å². The smallest absolute Gasteiger partial charge is 0.465 e. The highest BCUT2D eigenvalue weighted by Crippen LogP contribution is 2.32. The van der Waals surface area contributed by atoms with E-state index in [1.165, 1.54) is 0 Å². The van der Waals surface area contributed by atoms with Gasteiger partial charge in [0.25, 0.3) is 0 Å². The number of rotatable bonds is 2. The van der Waals surface area contributed by atoms with Crippen LogP contribution in [0.25, 0.3) is 0 Å². The topological polar surface area (TPSA) is 59.3 Å². The predicted molar refractivity (Wildman–Crippen MR) is 56.4 cm³/mol. The van der Waals surface area contributed by atoms with Crippen LogP contribution in [0.4, 0.5) is 13.2 Å². The molecule has 0 saturated carbocycles. The number of nitrogens with zero attached hydrogens (tertiary/aromatic N) is 1. The van der Waals surface area contributed by atoms with E-state index >= 15 is 0 Å². The minimum atomic E-state index is -4.95. The normalized spacial score (nSPS) is 10.7. The van der Waals surface area contributed by atoms with Crippen molar-refractivity contribution in [3.8, 4) is 11.8 Å². The lowest BCUT2D eigenvalue weighted by Crippen LogP contribution is -2.18. The molecule has 0 fully saturated rings. The molecule has 0 aliphatic heterocycles. The van der Waals surface area contributed by atoms with Crippen molar-refractivity contribution >= 4 is 18.6 Å². The van der Waals surface area contributed by atoms with Crippen molar-refractivity contribution in [3.63, 3.8) is 0 Å². The van der Waals surface area contributed by atoms with Crippen LogP contribution in [0.15, 0.2) is 17.0 Å². The second kappa shape index (κ2) is 5.18. The first-order valence-corrected chi connectivity index (χ1v) is 4.84. The van der Waals surface area contributed by atoms with Gasteiger partial charge in [0.1, 0.15) is 11.8 Å². The zero-order chi connectivity index (χ0) is 13.9. The van der Waals surface area contributed by atoms with Crippen molar-refractivity contribution < 1.29 is 27.4 Å². The van der Waals surface area contributed by atoms with E-state index in [4.69, 9.17) is 5.26 Å². The molecule has 0 N–H and O–H groups in total. The molecule has 0 radical (unpaired) electrons. The number of nitriles is 1. The molecule has 0 saturated heterocycles. The first kappa shape index (κ1) is 14.2. The van der Waals surface area contributed by atoms with Gasteiger partial charge in [-0.1, -0.05) is 0 Å². The maximum Gasteiger partial charge on any atom is 0.573 e. The third kappa shape index (κ3) is 3.30. The summed E-state index contributed by atoms with van der Waals surface area (Å²) in [7, 11) is 1.06. The number of esters is 1. The standard InChI is InChI=1S/C10H6F3NO3S/c1-16-9(15)5-2-6(4-14)8(18)7(3-5)17-10(11,12)13/h2-3,18H,1H3. The number of hydrogen-bond acceptors (Lipinski definition) is 5. The Morgan fingerprint density at radius 3 is 2.50 bits per heavy atom. The Kier molecular flexibility index (Phi) is 4.08. The highest BCUT2D eigenvalue weighted by molar-refractivity contribution is 7.80. The number of hydrogen-bond donors (Lipinski definition) is 1. The van der Waals surface area contributed by atoms with Gasteiger partial charge in [-0.2, -0.15) is 5.26 Å². The second-order valence-electron chi connectivity index (χ2n) is 3.02. The fraction of sp³-hybridized carbons (Fsp3) is 0.200. The third-order valence-electron chi connectivity index (χ3n) is 1.84. The highest BCUT2D eigenvalue weighted by Gasteiger charge is 2.32. The molecular formula is C10H6F3NO3S. The van der Waals surface area contributed by atoms with Gasteiger partial charge in [0.15, 0.2) is 0 Å². The van der Waals surface area contributed by atoms with Gasteiger partial charge in [0.05, 0.1) is 23.1 Å². The molecule has 0 aromatic heterocycles. The van der Waals surface area contributed by atoms with Gasteiger partial charge in [-0.15, -0.1) is 25.8 Å². The summed E-state index contributed by atoms with van der Waals surface area (Å²) in [6, 6.07) is 3.48. The molecule has 0 heterocycles. The second-order valence-corrected chi connectivity index (χ2v) is 3.47. The summed E-state index contributed by atoms with van der Waals surface area (Å²) in [5, 5.41) is 8.73. The molecular weight excluding hydrogens is 271 g/mol. The highest BCUT2D eigenvalue weighted by atomic mass is 32.1. The molecule has 0 unspecified atom stereocenters. The quantitative estimate of drug-likeness (QED) is 0.666. The summed E-state index contributed by atoms with van der Waals surface area (Å²) >= 11 is 3.75. The fourth-order valence-electron chi connectivity index (χ4n) is 1.13. The largest absolute Gasteiger partial charge is 0.573 e. The van der Waals surface area contributed by atoms with Crippen molar-refractivity contribution in [1.29, 1.82) is 5.26 Å². The molecule has 18 heavy (non-hydrogen) atoms. The Morgan fingerprint density at radius 1 is 1.44 bits per heavy atom. The molecule has 96 valence electrons. The molecule has 4 nitrogen and oxygen atoms in total. The monoisotopic (exact) mass is 277 g/mol. The van der Waals surface area contributed by atoms with Crippen molar-refractivity contribution in [1.82, 2.24) is 0 Å². The van der Waals surface area contributed by atoms with Gasteiger partial charge >= 0.3 is 12.3 Å². The van der Waals surface area contributed by atoms with Gasteiger partial charge in [-0.05, 0) is 12.1 Å². The summed E-state index contributed by atoms with van der Waals surface area (Å²) < 4.78 is 44.4. The number of halogens is 3. The van der Waals surface area contributed by atoms with E-state index in [1.54, 1.807) is 6.07 Å². The number of ether oxygens (including phenoxy) is 2. The average molecular weight is 277 g/mol. The van der Waals surface area contributed by atoms with Crippen molar-refractivity contribution in [2.75, 3.05) is 7.11 Å². The molecule has 1 aromatic carbocycles. The van der Waals surface area contributed by atoms with E-state index in [-0.39, 0.29) is 16.0 Å². The molecule has 0 aliphatic carbocycles. The average Bonchev–Trinajstić information content (AvgIpc) is 2.29. The van der Waals surface area contributed by atoms with E-state index in [0.29, 0.717) is 0 Å². The summed E-state index contributed by atoms with van der Waals surface area (Å²) in [6.07, 6.45) is -4.95. The van der Waals surface area contributed by atoms with Crippen LogP contribution < -0.4 is 4.74 Å². The number of benzene rings is 1. The van der Waals surface area contributed by atoms with Gasteiger partial charge in [-0.3, -0.25) is 0 Å². The zero-order valence-electron chi connectivity index (χ0n) is 8.91. The lowest BCUT2D eigenvalue weighted by molar-refractivity contribution is -0.275. The summed E-state index contributed by atoms with van der Waals surface area (Å²) in [4.78, 5) is 10.9. The van der Waals surface area contributed by atoms with Crippen LogP contribution in [-0.2, 0) is 4.74 Å². The lowest BCUT2D eigenvalue weighted by atomic mass is 10.1. The molecule has 0 aliphatic rings. The van der Waals surface area contributed by atoms with Gasteiger partial charge < -0.3 is 9.47 Å². The van der Waals surface area contributed by atoms with Crippen LogP contribution in [0.5, 0.6) is 5.75 Å². The Hall–Kier alpha value is -1.88. The number of alkyl halides is 3. The van der Waals surface area contributed by atoms with Gasteiger partial charge in [0, 0.05) is 0 Å². The number of carbonyl (C=O) groups excluding carboxylic acids is 1. The Morgan fingerprint density at radius 2 is 2.06 bits per heavy atom. The summed E-state index contributed by atoms with van der Waals surface area (Å²) in [6.45, 7) is 0. The SMILES string of the molecule is COC(=O)c1cc(C#N)c(S)c(OC(F)(F)F)c1. The van der Waals surface area contributed by atoms with Crippen LogP contribution in [-0.4, -0.2) is 19.4 Å². The number of carbonyl (C=O) groups is 1. The molecule has 0 bridgehead atoms. The lowest BCUT2D eigenvalue weighted by Gasteiger charge is -2.12. The van der Waals surface area contributed by atoms with Crippen LogP contribution in [0.2, 0.25) is 0 Å². The van der Waals surface area contributed by atoms with Crippen molar-refractivity contribution in [2.24, 2.45) is 0 Å².